The predicted octanol–water partition coefficient (Wildman–Crippen LogP) is 4.91. The highest BCUT2D eigenvalue weighted by Gasteiger charge is 2.10. The monoisotopic (exact) mass is 312 g/mol. The first kappa shape index (κ1) is 16.5. The van der Waals surface area contributed by atoms with Crippen LogP contribution in [0.5, 0.6) is 0 Å². The van der Waals surface area contributed by atoms with Gasteiger partial charge in [-0.15, -0.1) is 0 Å². The second kappa shape index (κ2) is 7.95. The van der Waals surface area contributed by atoms with Crippen LogP contribution in [-0.2, 0) is 6.54 Å². The smallest absolute Gasteiger partial charge is 0.173 e. The van der Waals surface area contributed by atoms with Crippen molar-refractivity contribution in [1.82, 2.24) is 4.90 Å². The topological polar surface area (TPSA) is 15.3 Å². The van der Waals surface area contributed by atoms with Crippen molar-refractivity contribution in [3.63, 3.8) is 0 Å². The van der Waals surface area contributed by atoms with E-state index in [-0.39, 0.29) is 0 Å². The van der Waals surface area contributed by atoms with Gasteiger partial charge in [-0.1, -0.05) is 49.4 Å². The minimum absolute atomic E-state index is 0.791. The molecule has 0 bridgehead atoms. The fourth-order valence-electron chi connectivity index (χ4n) is 2.39. The molecule has 22 heavy (non-hydrogen) atoms. The van der Waals surface area contributed by atoms with Crippen LogP contribution in [0.2, 0.25) is 0 Å². The van der Waals surface area contributed by atoms with Crippen molar-refractivity contribution in [2.24, 2.45) is 0 Å². The lowest BCUT2D eigenvalue weighted by atomic mass is 10.1. The molecule has 0 saturated heterocycles. The Bertz CT molecular complexity index is 623. The van der Waals surface area contributed by atoms with Gasteiger partial charge in [-0.05, 0) is 55.2 Å². The number of hydrogen-bond acceptors (Lipinski definition) is 1. The molecular weight excluding hydrogens is 288 g/mol. The van der Waals surface area contributed by atoms with Crippen molar-refractivity contribution in [3.8, 4) is 0 Å². The average molecular weight is 312 g/mol. The predicted molar refractivity (Wildman–Crippen MR) is 99.3 cm³/mol. The Morgan fingerprint density at radius 2 is 1.82 bits per heavy atom. The molecule has 0 aliphatic heterocycles. The van der Waals surface area contributed by atoms with E-state index in [2.05, 4.69) is 73.5 Å². The maximum Gasteiger partial charge on any atom is 0.173 e. The Morgan fingerprint density at radius 3 is 2.50 bits per heavy atom. The molecule has 0 radical (unpaired) electrons. The van der Waals surface area contributed by atoms with Crippen molar-refractivity contribution >= 4 is 23.0 Å². The number of thiocarbonyl (C=S) groups is 1. The summed E-state index contributed by atoms with van der Waals surface area (Å²) in [6.45, 7) is 8.17. The zero-order valence-corrected chi connectivity index (χ0v) is 14.4. The number of nitrogens with zero attached hydrogens (tertiary/aromatic N) is 1. The quantitative estimate of drug-likeness (QED) is 0.790. The van der Waals surface area contributed by atoms with Gasteiger partial charge in [0.05, 0.1) is 0 Å². The normalized spacial score (nSPS) is 10.3. The highest BCUT2D eigenvalue weighted by atomic mass is 32.1. The van der Waals surface area contributed by atoms with Crippen LogP contribution in [-0.4, -0.2) is 16.6 Å². The van der Waals surface area contributed by atoms with E-state index in [1.165, 1.54) is 16.7 Å². The molecule has 0 saturated carbocycles. The number of hydrogen-bond donors (Lipinski definition) is 1. The molecule has 0 amide bonds. The lowest BCUT2D eigenvalue weighted by molar-refractivity contribution is 0.418. The largest absolute Gasteiger partial charge is 0.345 e. The summed E-state index contributed by atoms with van der Waals surface area (Å²) in [5.74, 6) is 0. The van der Waals surface area contributed by atoms with Crippen LogP contribution in [0.15, 0.2) is 48.5 Å². The summed E-state index contributed by atoms with van der Waals surface area (Å²) in [6.07, 6.45) is 1.07. The molecule has 2 nitrogen and oxygen atoms in total. The SMILES string of the molecule is CCCN(Cc1ccccc1)C(=S)Nc1cc(C)ccc1C. The summed E-state index contributed by atoms with van der Waals surface area (Å²) in [5.41, 5.74) is 4.82. The van der Waals surface area contributed by atoms with Crippen LogP contribution in [0.3, 0.4) is 0 Å². The molecular formula is C19H24N2S. The zero-order chi connectivity index (χ0) is 15.9. The fraction of sp³-hybridized carbons (Fsp3) is 0.316. The third-order valence-electron chi connectivity index (χ3n) is 3.63. The summed E-state index contributed by atoms with van der Waals surface area (Å²) in [7, 11) is 0. The maximum atomic E-state index is 5.64. The number of rotatable bonds is 5. The minimum Gasteiger partial charge on any atom is -0.345 e. The highest BCUT2D eigenvalue weighted by Crippen LogP contribution is 2.17. The van der Waals surface area contributed by atoms with Gasteiger partial charge in [-0.25, -0.2) is 0 Å². The number of nitrogens with one attached hydrogen (secondary N) is 1. The van der Waals surface area contributed by atoms with E-state index in [9.17, 15) is 0 Å². The number of anilines is 1. The molecule has 1 N–H and O–H groups in total. The Hall–Kier alpha value is -1.87. The molecule has 0 aliphatic carbocycles. The Morgan fingerprint density at radius 1 is 1.09 bits per heavy atom. The molecule has 0 spiro atoms. The average Bonchev–Trinajstić information content (AvgIpc) is 2.51. The van der Waals surface area contributed by atoms with Crippen LogP contribution in [0, 0.1) is 13.8 Å². The first-order valence-corrected chi connectivity index (χ1v) is 8.18. The number of benzene rings is 2. The third kappa shape index (κ3) is 4.57. The van der Waals surface area contributed by atoms with Crippen molar-refractivity contribution < 1.29 is 0 Å². The number of aryl methyl sites for hydroxylation is 2. The lowest BCUT2D eigenvalue weighted by Gasteiger charge is -2.26. The summed E-state index contributed by atoms with van der Waals surface area (Å²) >= 11 is 5.64. The van der Waals surface area contributed by atoms with Gasteiger partial charge in [-0.3, -0.25) is 0 Å². The molecule has 2 aromatic carbocycles. The second-order valence-corrected chi connectivity index (χ2v) is 6.04. The maximum absolute atomic E-state index is 5.64. The highest BCUT2D eigenvalue weighted by molar-refractivity contribution is 7.80. The van der Waals surface area contributed by atoms with Gasteiger partial charge < -0.3 is 10.2 Å². The van der Waals surface area contributed by atoms with E-state index < -0.39 is 0 Å². The van der Waals surface area contributed by atoms with Gasteiger partial charge in [0.15, 0.2) is 5.11 Å². The van der Waals surface area contributed by atoms with Gasteiger partial charge >= 0.3 is 0 Å². The van der Waals surface area contributed by atoms with E-state index in [1.807, 2.05) is 6.07 Å². The standard InChI is InChI=1S/C19H24N2S/c1-4-12-21(14-17-8-6-5-7-9-17)19(22)20-18-13-15(2)10-11-16(18)3/h5-11,13H,4,12,14H2,1-3H3,(H,20,22). The molecule has 0 heterocycles. The van der Waals surface area contributed by atoms with Crippen molar-refractivity contribution in [1.29, 1.82) is 0 Å². The van der Waals surface area contributed by atoms with E-state index in [0.717, 1.165) is 30.3 Å². The van der Waals surface area contributed by atoms with Crippen LogP contribution in [0.4, 0.5) is 5.69 Å². The van der Waals surface area contributed by atoms with Crippen LogP contribution in [0.1, 0.15) is 30.0 Å². The third-order valence-corrected chi connectivity index (χ3v) is 3.99. The molecule has 0 fully saturated rings. The molecule has 2 aromatic rings. The second-order valence-electron chi connectivity index (χ2n) is 5.66. The van der Waals surface area contributed by atoms with Crippen LogP contribution < -0.4 is 5.32 Å². The molecule has 0 aliphatic rings. The molecule has 2 rings (SSSR count). The summed E-state index contributed by atoms with van der Waals surface area (Å²) in [4.78, 5) is 2.23. The van der Waals surface area contributed by atoms with Gasteiger partial charge in [0.25, 0.3) is 0 Å². The first-order valence-electron chi connectivity index (χ1n) is 7.77. The lowest BCUT2D eigenvalue weighted by Crippen LogP contribution is -2.35. The minimum atomic E-state index is 0.791. The molecule has 3 heteroatoms. The van der Waals surface area contributed by atoms with E-state index in [1.54, 1.807) is 0 Å². The van der Waals surface area contributed by atoms with Gasteiger partial charge in [0, 0.05) is 18.8 Å². The van der Waals surface area contributed by atoms with E-state index in [4.69, 9.17) is 12.2 Å². The summed E-state index contributed by atoms with van der Waals surface area (Å²) in [6, 6.07) is 16.9. The van der Waals surface area contributed by atoms with Gasteiger partial charge in [-0.2, -0.15) is 0 Å². The van der Waals surface area contributed by atoms with Crippen molar-refractivity contribution in [2.45, 2.75) is 33.7 Å². The van der Waals surface area contributed by atoms with Crippen molar-refractivity contribution in [2.75, 3.05) is 11.9 Å². The fourth-order valence-corrected chi connectivity index (χ4v) is 2.66. The zero-order valence-electron chi connectivity index (χ0n) is 13.6. The molecule has 0 atom stereocenters. The van der Waals surface area contributed by atoms with E-state index >= 15 is 0 Å². The van der Waals surface area contributed by atoms with E-state index in [0.29, 0.717) is 0 Å². The summed E-state index contributed by atoms with van der Waals surface area (Å²) < 4.78 is 0. The summed E-state index contributed by atoms with van der Waals surface area (Å²) in [5, 5.41) is 4.20. The van der Waals surface area contributed by atoms with Gasteiger partial charge in [0.2, 0.25) is 0 Å². The molecule has 0 aromatic heterocycles. The van der Waals surface area contributed by atoms with Crippen molar-refractivity contribution in [3.05, 3.63) is 65.2 Å². The Kier molecular flexibility index (Phi) is 5.96. The molecule has 0 unspecified atom stereocenters. The Labute approximate surface area is 139 Å². The van der Waals surface area contributed by atoms with Gasteiger partial charge in [0.1, 0.15) is 0 Å². The molecule has 116 valence electrons. The van der Waals surface area contributed by atoms with Crippen LogP contribution in [0.25, 0.3) is 0 Å². The van der Waals surface area contributed by atoms with Crippen LogP contribution >= 0.6 is 12.2 Å². The Balaban J connectivity index is 2.11. The first-order chi connectivity index (χ1) is 10.6.